The summed E-state index contributed by atoms with van der Waals surface area (Å²) in [4.78, 5) is 0. The molecule has 0 aliphatic carbocycles. The second kappa shape index (κ2) is 4.76. The Kier molecular flexibility index (Phi) is 4.74. The minimum atomic E-state index is 0.373. The van der Waals surface area contributed by atoms with Gasteiger partial charge in [-0.15, -0.1) is 0 Å². The van der Waals surface area contributed by atoms with Crippen molar-refractivity contribution in [3.8, 4) is 0 Å². The highest BCUT2D eigenvalue weighted by Gasteiger charge is 2.16. The van der Waals surface area contributed by atoms with Crippen molar-refractivity contribution in [2.75, 3.05) is 0 Å². The predicted molar refractivity (Wildman–Crippen MR) is 51.4 cm³/mol. The summed E-state index contributed by atoms with van der Waals surface area (Å²) in [6, 6.07) is 0.373. The van der Waals surface area contributed by atoms with E-state index in [1.54, 1.807) is 0 Å². The number of hydrogen-bond acceptors (Lipinski definition) is 1. The van der Waals surface area contributed by atoms with Crippen molar-refractivity contribution in [1.82, 2.24) is 0 Å². The van der Waals surface area contributed by atoms with Crippen molar-refractivity contribution in [3.63, 3.8) is 0 Å². The van der Waals surface area contributed by atoms with Crippen LogP contribution in [-0.2, 0) is 0 Å². The minimum Gasteiger partial charge on any atom is -0.327 e. The monoisotopic (exact) mass is 157 g/mol. The lowest BCUT2D eigenvalue weighted by Gasteiger charge is -2.24. The highest BCUT2D eigenvalue weighted by atomic mass is 14.7. The lowest BCUT2D eigenvalue weighted by Crippen LogP contribution is -2.34. The van der Waals surface area contributed by atoms with Gasteiger partial charge in [-0.05, 0) is 24.2 Å². The Hall–Kier alpha value is -0.0400. The molecule has 0 saturated heterocycles. The summed E-state index contributed by atoms with van der Waals surface area (Å²) in [7, 11) is 0. The zero-order valence-electron chi connectivity index (χ0n) is 8.59. The predicted octanol–water partition coefficient (Wildman–Crippen LogP) is 2.65. The summed E-state index contributed by atoms with van der Waals surface area (Å²) in [5.41, 5.74) is 6.01. The molecule has 0 aliphatic heterocycles. The van der Waals surface area contributed by atoms with Gasteiger partial charge in [0.1, 0.15) is 0 Å². The zero-order chi connectivity index (χ0) is 9.02. The first-order valence-corrected chi connectivity index (χ1v) is 4.70. The molecule has 68 valence electrons. The fraction of sp³-hybridized carbons (Fsp3) is 1.00. The second-order valence-corrected chi connectivity index (χ2v) is 4.43. The van der Waals surface area contributed by atoms with Crippen LogP contribution in [0.4, 0.5) is 0 Å². The van der Waals surface area contributed by atoms with Crippen LogP contribution in [-0.4, -0.2) is 6.04 Å². The lowest BCUT2D eigenvalue weighted by atomic mass is 9.87. The van der Waals surface area contributed by atoms with E-state index in [2.05, 4.69) is 34.6 Å². The molecule has 0 heterocycles. The quantitative estimate of drug-likeness (QED) is 0.667. The molecule has 0 fully saturated rings. The van der Waals surface area contributed by atoms with Crippen LogP contribution < -0.4 is 5.73 Å². The number of hydrogen-bond donors (Lipinski definition) is 1. The second-order valence-electron chi connectivity index (χ2n) is 4.43. The highest BCUT2D eigenvalue weighted by Crippen LogP contribution is 2.17. The molecule has 0 radical (unpaired) electrons. The van der Waals surface area contributed by atoms with Crippen molar-refractivity contribution in [2.45, 2.75) is 47.1 Å². The zero-order valence-corrected chi connectivity index (χ0v) is 8.59. The van der Waals surface area contributed by atoms with Crippen LogP contribution in [0.15, 0.2) is 0 Å². The molecule has 0 aromatic heterocycles. The molecule has 0 aliphatic rings. The Bertz CT molecular complexity index is 97.0. The van der Waals surface area contributed by atoms with Gasteiger partial charge in [-0.25, -0.2) is 0 Å². The standard InChI is InChI=1S/C10H23N/c1-7(2)6-9(5)10(11)8(3)4/h7-10H,6,11H2,1-5H3. The van der Waals surface area contributed by atoms with Crippen molar-refractivity contribution in [1.29, 1.82) is 0 Å². The molecular weight excluding hydrogens is 134 g/mol. The molecule has 0 aromatic rings. The lowest BCUT2D eigenvalue weighted by molar-refractivity contribution is 0.314. The molecule has 0 aromatic carbocycles. The average molecular weight is 157 g/mol. The van der Waals surface area contributed by atoms with Gasteiger partial charge in [0, 0.05) is 6.04 Å². The van der Waals surface area contributed by atoms with Crippen LogP contribution in [0.5, 0.6) is 0 Å². The maximum Gasteiger partial charge on any atom is 0.00878 e. The first-order valence-electron chi connectivity index (χ1n) is 4.70. The van der Waals surface area contributed by atoms with Gasteiger partial charge in [0.25, 0.3) is 0 Å². The number of nitrogens with two attached hydrogens (primary N) is 1. The Morgan fingerprint density at radius 1 is 1.00 bits per heavy atom. The molecule has 0 spiro atoms. The average Bonchev–Trinajstić information content (AvgIpc) is 1.84. The topological polar surface area (TPSA) is 26.0 Å². The normalized spacial score (nSPS) is 17.5. The molecule has 0 amide bonds. The SMILES string of the molecule is CC(C)CC(C)C(N)C(C)C. The number of rotatable bonds is 4. The van der Waals surface area contributed by atoms with Gasteiger partial charge in [-0.2, -0.15) is 0 Å². The molecular formula is C10H23N. The van der Waals surface area contributed by atoms with Crippen molar-refractivity contribution >= 4 is 0 Å². The van der Waals surface area contributed by atoms with E-state index in [-0.39, 0.29) is 0 Å². The van der Waals surface area contributed by atoms with Crippen LogP contribution >= 0.6 is 0 Å². The molecule has 0 rings (SSSR count). The van der Waals surface area contributed by atoms with Gasteiger partial charge in [-0.1, -0.05) is 34.6 Å². The summed E-state index contributed by atoms with van der Waals surface area (Å²) in [6.07, 6.45) is 1.25. The highest BCUT2D eigenvalue weighted by molar-refractivity contribution is 4.72. The Morgan fingerprint density at radius 2 is 1.45 bits per heavy atom. The molecule has 1 heteroatoms. The first kappa shape index (κ1) is 11.0. The van der Waals surface area contributed by atoms with Crippen LogP contribution in [0.1, 0.15) is 41.0 Å². The van der Waals surface area contributed by atoms with Gasteiger partial charge in [0.05, 0.1) is 0 Å². The largest absolute Gasteiger partial charge is 0.327 e. The van der Waals surface area contributed by atoms with E-state index in [9.17, 15) is 0 Å². The van der Waals surface area contributed by atoms with Gasteiger partial charge < -0.3 is 5.73 Å². The minimum absolute atomic E-state index is 0.373. The van der Waals surface area contributed by atoms with E-state index in [0.717, 1.165) is 5.92 Å². The van der Waals surface area contributed by atoms with E-state index < -0.39 is 0 Å². The van der Waals surface area contributed by atoms with Crippen LogP contribution in [0, 0.1) is 17.8 Å². The van der Waals surface area contributed by atoms with Crippen molar-refractivity contribution in [3.05, 3.63) is 0 Å². The van der Waals surface area contributed by atoms with Gasteiger partial charge in [-0.3, -0.25) is 0 Å². The van der Waals surface area contributed by atoms with Gasteiger partial charge >= 0.3 is 0 Å². The van der Waals surface area contributed by atoms with Gasteiger partial charge in [0.2, 0.25) is 0 Å². The smallest absolute Gasteiger partial charge is 0.00878 e. The van der Waals surface area contributed by atoms with Crippen molar-refractivity contribution < 1.29 is 0 Å². The summed E-state index contributed by atoms with van der Waals surface area (Å²) < 4.78 is 0. The maximum absolute atomic E-state index is 6.01. The van der Waals surface area contributed by atoms with Crippen molar-refractivity contribution in [2.24, 2.45) is 23.5 Å². The van der Waals surface area contributed by atoms with E-state index in [4.69, 9.17) is 5.73 Å². The molecule has 1 nitrogen and oxygen atoms in total. The molecule has 2 N–H and O–H groups in total. The summed E-state index contributed by atoms with van der Waals surface area (Å²) in [6.45, 7) is 11.2. The fourth-order valence-electron chi connectivity index (χ4n) is 1.56. The molecule has 11 heavy (non-hydrogen) atoms. The van der Waals surface area contributed by atoms with E-state index in [0.29, 0.717) is 17.9 Å². The fourth-order valence-corrected chi connectivity index (χ4v) is 1.56. The molecule has 2 unspecified atom stereocenters. The molecule has 2 atom stereocenters. The van der Waals surface area contributed by atoms with Crippen LogP contribution in [0.3, 0.4) is 0 Å². The van der Waals surface area contributed by atoms with Gasteiger partial charge in [0.15, 0.2) is 0 Å². The third-order valence-corrected chi connectivity index (χ3v) is 2.27. The summed E-state index contributed by atoms with van der Waals surface area (Å²) in [5.74, 6) is 2.05. The summed E-state index contributed by atoms with van der Waals surface area (Å²) >= 11 is 0. The van der Waals surface area contributed by atoms with Crippen LogP contribution in [0.25, 0.3) is 0 Å². The third-order valence-electron chi connectivity index (χ3n) is 2.27. The Balaban J connectivity index is 3.73. The summed E-state index contributed by atoms with van der Waals surface area (Å²) in [5, 5.41) is 0. The van der Waals surface area contributed by atoms with E-state index in [1.807, 2.05) is 0 Å². The Morgan fingerprint density at radius 3 is 1.73 bits per heavy atom. The maximum atomic E-state index is 6.01. The van der Waals surface area contributed by atoms with Crippen LogP contribution in [0.2, 0.25) is 0 Å². The van der Waals surface area contributed by atoms with E-state index in [1.165, 1.54) is 6.42 Å². The Labute approximate surface area is 71.4 Å². The molecule has 0 saturated carbocycles. The third kappa shape index (κ3) is 4.41. The van der Waals surface area contributed by atoms with E-state index >= 15 is 0 Å². The molecule has 0 bridgehead atoms. The first-order chi connectivity index (χ1) is 4.95.